The molecule has 0 heterocycles. The van der Waals surface area contributed by atoms with E-state index >= 15 is 8.78 Å². The highest BCUT2D eigenvalue weighted by atomic mass is 31.2. The van der Waals surface area contributed by atoms with E-state index in [9.17, 15) is 35.5 Å². The number of hydrogen-bond acceptors (Lipinski definition) is 4. The Morgan fingerprint density at radius 2 is 1.00 bits per heavy atom. The third-order valence-corrected chi connectivity index (χ3v) is 12.7. The first-order chi connectivity index (χ1) is 15.1. The van der Waals surface area contributed by atoms with Gasteiger partial charge in [0.15, 0.2) is 36.3 Å². The minimum atomic E-state index is -5.01. The molecule has 1 aromatic carbocycles. The summed E-state index contributed by atoms with van der Waals surface area (Å²) in [7, 11) is -8.22. The molecule has 0 spiro atoms. The predicted molar refractivity (Wildman–Crippen MR) is 115 cm³/mol. The van der Waals surface area contributed by atoms with Gasteiger partial charge in [0.05, 0.1) is 10.6 Å². The van der Waals surface area contributed by atoms with E-state index in [0.29, 0.717) is 0 Å². The Morgan fingerprint density at radius 3 is 1.29 bits per heavy atom. The van der Waals surface area contributed by atoms with Crippen molar-refractivity contribution in [2.75, 3.05) is 19.9 Å². The van der Waals surface area contributed by atoms with Crippen LogP contribution in [0.2, 0.25) is 0 Å². The highest BCUT2D eigenvalue weighted by Gasteiger charge is 2.46. The van der Waals surface area contributed by atoms with Crippen LogP contribution in [0.1, 0.15) is 41.5 Å². The van der Waals surface area contributed by atoms with Gasteiger partial charge in [-0.25, -0.2) is 8.78 Å². The van der Waals surface area contributed by atoms with Crippen LogP contribution >= 0.6 is 14.3 Å². The number of alkyl halides is 6. The summed E-state index contributed by atoms with van der Waals surface area (Å²) in [6.07, 6.45) is -10.0. The molecule has 1 unspecified atom stereocenters. The van der Waals surface area contributed by atoms with Crippen LogP contribution in [0.5, 0.6) is 11.5 Å². The molecule has 0 amide bonds. The molecule has 0 N–H and O–H groups in total. The molecule has 0 aliphatic rings. The molecule has 1 rings (SSSR count). The first kappa shape index (κ1) is 30.8. The maximum absolute atomic E-state index is 15.9. The van der Waals surface area contributed by atoms with E-state index in [-0.39, 0.29) is 0 Å². The van der Waals surface area contributed by atoms with Gasteiger partial charge in [-0.3, -0.25) is 0 Å². The molecule has 198 valence electrons. The van der Waals surface area contributed by atoms with Crippen LogP contribution in [-0.2, 0) is 9.13 Å². The second-order valence-electron chi connectivity index (χ2n) is 8.77. The van der Waals surface area contributed by atoms with Crippen molar-refractivity contribution >= 4 is 24.9 Å². The summed E-state index contributed by atoms with van der Waals surface area (Å²) >= 11 is 0. The standard InChI is InChI=1S/C20H28F8O4P2/c1-10(2)33(7,29)17-13(21)16(32-9-20(26,27)28)18(34(30,11(3)4)12(5)6)14(22)15(17)31-8-19(23,24)25/h10-12H,8-9H2,1-7H3. The van der Waals surface area contributed by atoms with Gasteiger partial charge in [0.2, 0.25) is 0 Å². The SMILES string of the molecule is CC(C)P(C)(=O)c1c(F)c(OCC(F)(F)F)c(P(=O)(C(C)C)C(C)C)c(F)c1OCC(F)(F)F. The van der Waals surface area contributed by atoms with Crippen molar-refractivity contribution in [3.05, 3.63) is 11.6 Å². The van der Waals surface area contributed by atoms with Gasteiger partial charge in [-0.15, -0.1) is 0 Å². The van der Waals surface area contributed by atoms with Crippen LogP contribution in [0, 0.1) is 11.6 Å². The summed E-state index contributed by atoms with van der Waals surface area (Å²) in [5.41, 5.74) is -2.89. The number of halogens is 8. The first-order valence-corrected chi connectivity index (χ1v) is 14.3. The minimum Gasteiger partial charge on any atom is -0.480 e. The summed E-state index contributed by atoms with van der Waals surface area (Å²) in [4.78, 5) is 0. The van der Waals surface area contributed by atoms with Crippen molar-refractivity contribution in [1.82, 2.24) is 0 Å². The van der Waals surface area contributed by atoms with Crippen molar-refractivity contribution in [2.45, 2.75) is 70.9 Å². The molecule has 1 atom stereocenters. The van der Waals surface area contributed by atoms with E-state index in [4.69, 9.17) is 0 Å². The summed E-state index contributed by atoms with van der Waals surface area (Å²) in [6.45, 7) is 4.71. The maximum Gasteiger partial charge on any atom is 0.422 e. The number of rotatable bonds is 9. The smallest absolute Gasteiger partial charge is 0.422 e. The zero-order valence-corrected chi connectivity index (χ0v) is 21.5. The van der Waals surface area contributed by atoms with E-state index in [1.807, 2.05) is 0 Å². The molecule has 1 aromatic rings. The summed E-state index contributed by atoms with van der Waals surface area (Å²) in [5.74, 6) is -6.37. The van der Waals surface area contributed by atoms with Gasteiger partial charge in [0.25, 0.3) is 0 Å². The van der Waals surface area contributed by atoms with Crippen molar-refractivity contribution in [1.29, 1.82) is 0 Å². The van der Waals surface area contributed by atoms with Crippen LogP contribution in [0.3, 0.4) is 0 Å². The maximum atomic E-state index is 15.9. The van der Waals surface area contributed by atoms with Gasteiger partial charge in [0.1, 0.15) is 14.3 Å². The van der Waals surface area contributed by atoms with Gasteiger partial charge in [0, 0.05) is 17.0 Å². The van der Waals surface area contributed by atoms with Gasteiger partial charge in [-0.2, -0.15) is 26.3 Å². The molecule has 0 saturated carbocycles. The lowest BCUT2D eigenvalue weighted by atomic mass is 10.3. The van der Waals surface area contributed by atoms with Crippen LogP contribution in [-0.4, -0.2) is 49.2 Å². The molecular weight excluding hydrogens is 518 g/mol. The van der Waals surface area contributed by atoms with Crippen molar-refractivity contribution in [2.24, 2.45) is 0 Å². The molecule has 0 aliphatic carbocycles. The highest BCUT2D eigenvalue weighted by molar-refractivity contribution is 7.73. The van der Waals surface area contributed by atoms with Crippen LogP contribution < -0.4 is 20.1 Å². The molecule has 0 saturated heterocycles. The Bertz CT molecular complexity index is 973. The topological polar surface area (TPSA) is 52.6 Å². The van der Waals surface area contributed by atoms with Crippen molar-refractivity contribution < 1.29 is 53.7 Å². The Morgan fingerprint density at radius 1 is 0.676 bits per heavy atom. The third kappa shape index (κ3) is 6.48. The molecule has 34 heavy (non-hydrogen) atoms. The second kappa shape index (κ2) is 10.4. The predicted octanol–water partition coefficient (Wildman–Crippen LogP) is 6.68. The second-order valence-corrected chi connectivity index (χ2v) is 16.2. The van der Waals surface area contributed by atoms with Gasteiger partial charge >= 0.3 is 12.4 Å². The average Bonchev–Trinajstić information content (AvgIpc) is 2.63. The fraction of sp³-hybridized carbons (Fsp3) is 0.700. The number of benzene rings is 1. The molecule has 0 fully saturated rings. The van der Waals surface area contributed by atoms with Crippen LogP contribution in [0.25, 0.3) is 0 Å². The zero-order chi connectivity index (χ0) is 27.0. The fourth-order valence-corrected chi connectivity index (χ4v) is 7.96. The molecule has 0 aliphatic heterocycles. The van der Waals surface area contributed by atoms with Crippen molar-refractivity contribution in [3.63, 3.8) is 0 Å². The quantitative estimate of drug-likeness (QED) is 0.256. The summed E-state index contributed by atoms with van der Waals surface area (Å²) in [5, 5.41) is -2.30. The number of ether oxygens (including phenoxy) is 2. The summed E-state index contributed by atoms with van der Waals surface area (Å²) < 4.78 is 145. The Balaban J connectivity index is 4.25. The molecule has 0 radical (unpaired) electrons. The average molecular weight is 546 g/mol. The Hall–Kier alpha value is -1.28. The van der Waals surface area contributed by atoms with Gasteiger partial charge < -0.3 is 18.6 Å². The van der Waals surface area contributed by atoms with E-state index < -0.39 is 90.6 Å². The number of hydrogen-bond donors (Lipinski definition) is 0. The lowest BCUT2D eigenvalue weighted by molar-refractivity contribution is -0.155. The summed E-state index contributed by atoms with van der Waals surface area (Å²) in [6, 6.07) is 0. The zero-order valence-electron chi connectivity index (χ0n) is 19.7. The van der Waals surface area contributed by atoms with E-state index in [0.717, 1.165) is 6.66 Å². The highest BCUT2D eigenvalue weighted by Crippen LogP contribution is 2.59. The van der Waals surface area contributed by atoms with E-state index in [1.165, 1.54) is 41.5 Å². The molecule has 4 nitrogen and oxygen atoms in total. The van der Waals surface area contributed by atoms with Gasteiger partial charge in [-0.1, -0.05) is 41.5 Å². The first-order valence-electron chi connectivity index (χ1n) is 10.2. The molecule has 0 aromatic heterocycles. The Labute approximate surface area is 193 Å². The third-order valence-electron chi connectivity index (χ3n) is 5.32. The molecule has 14 heteroatoms. The largest absolute Gasteiger partial charge is 0.480 e. The lowest BCUT2D eigenvalue weighted by Crippen LogP contribution is -2.34. The van der Waals surface area contributed by atoms with Gasteiger partial charge in [-0.05, 0) is 6.66 Å². The lowest BCUT2D eigenvalue weighted by Gasteiger charge is -2.31. The fourth-order valence-electron chi connectivity index (χ4n) is 3.27. The van der Waals surface area contributed by atoms with E-state index in [1.54, 1.807) is 0 Å². The van der Waals surface area contributed by atoms with Crippen LogP contribution in [0.15, 0.2) is 0 Å². The van der Waals surface area contributed by atoms with E-state index in [2.05, 4.69) is 9.47 Å². The monoisotopic (exact) mass is 546 g/mol. The van der Waals surface area contributed by atoms with Crippen molar-refractivity contribution in [3.8, 4) is 11.5 Å². The normalized spacial score (nSPS) is 15.2. The minimum absolute atomic E-state index is 0.938. The molecule has 0 bridgehead atoms. The molecular formula is C20H28F8O4P2. The Kier molecular flexibility index (Phi) is 9.38. The van der Waals surface area contributed by atoms with Crippen LogP contribution in [0.4, 0.5) is 35.1 Å².